The summed E-state index contributed by atoms with van der Waals surface area (Å²) in [6.45, 7) is 5.26. The van der Waals surface area contributed by atoms with Gasteiger partial charge in [-0.3, -0.25) is 9.59 Å². The third-order valence-electron chi connectivity index (χ3n) is 6.70. The van der Waals surface area contributed by atoms with Crippen molar-refractivity contribution in [2.24, 2.45) is 0 Å². The van der Waals surface area contributed by atoms with Crippen molar-refractivity contribution < 1.29 is 19.1 Å². The number of rotatable bonds is 5. The van der Waals surface area contributed by atoms with Crippen LogP contribution in [0.15, 0.2) is 60.8 Å². The molecule has 1 fully saturated rings. The molecule has 2 aromatic carbocycles. The number of carbonyl (C=O) groups excluding carboxylic acids is 2. The molecule has 3 heterocycles. The Morgan fingerprint density at radius 2 is 1.76 bits per heavy atom. The number of methoxy groups -OCH3 is 2. The summed E-state index contributed by atoms with van der Waals surface area (Å²) >= 11 is 0. The number of benzene rings is 2. The highest BCUT2D eigenvalue weighted by Crippen LogP contribution is 2.32. The van der Waals surface area contributed by atoms with Gasteiger partial charge in [0, 0.05) is 49.1 Å². The molecule has 0 aliphatic carbocycles. The highest BCUT2D eigenvalue weighted by atomic mass is 16.5. The van der Waals surface area contributed by atoms with Crippen LogP contribution in [0.1, 0.15) is 33.3 Å². The summed E-state index contributed by atoms with van der Waals surface area (Å²) in [6.07, 6.45) is 1.69. The molecule has 37 heavy (non-hydrogen) atoms. The fraction of sp³-hybridized carbons (Fsp3) is 0.286. The van der Waals surface area contributed by atoms with Crippen LogP contribution < -0.4 is 9.47 Å². The second-order valence-electron chi connectivity index (χ2n) is 9.17. The van der Waals surface area contributed by atoms with Gasteiger partial charge < -0.3 is 19.3 Å². The van der Waals surface area contributed by atoms with Crippen molar-refractivity contribution in [1.82, 2.24) is 24.4 Å². The molecule has 1 aliphatic rings. The SMILES string of the molecule is COc1ccc(-c2ccnc3cc(C(=O)N4CCN(C(=O)c5cccc(C)c5)[C@@H](C)C4)nn23)cc1OC. The molecule has 0 radical (unpaired) electrons. The number of aromatic nitrogens is 3. The van der Waals surface area contributed by atoms with Gasteiger partial charge in [-0.1, -0.05) is 17.7 Å². The van der Waals surface area contributed by atoms with Crippen molar-refractivity contribution in [1.29, 1.82) is 0 Å². The first-order chi connectivity index (χ1) is 17.9. The van der Waals surface area contributed by atoms with Gasteiger partial charge in [-0.25, -0.2) is 9.50 Å². The molecule has 0 saturated carbocycles. The number of nitrogens with zero attached hydrogens (tertiary/aromatic N) is 5. The van der Waals surface area contributed by atoms with E-state index in [0.29, 0.717) is 48.0 Å². The van der Waals surface area contributed by atoms with E-state index in [1.807, 2.05) is 67.3 Å². The highest BCUT2D eigenvalue weighted by molar-refractivity contribution is 5.96. The molecule has 0 unspecified atom stereocenters. The summed E-state index contributed by atoms with van der Waals surface area (Å²) in [5.74, 6) is 1.03. The fourth-order valence-electron chi connectivity index (χ4n) is 4.76. The van der Waals surface area contributed by atoms with Crippen molar-refractivity contribution in [3.05, 3.63) is 77.6 Å². The second kappa shape index (κ2) is 9.93. The summed E-state index contributed by atoms with van der Waals surface area (Å²) in [5.41, 5.74) is 4.21. The standard InChI is InChI=1S/C28H29N5O4/c1-18-6-5-7-21(14-18)27(34)32-13-12-31(17-19(32)2)28(35)22-16-26-29-11-10-23(33(26)30-22)20-8-9-24(36-3)25(15-20)37-4/h5-11,14-16,19H,12-13,17H2,1-4H3/t19-/m0/s1. The van der Waals surface area contributed by atoms with E-state index in [0.717, 1.165) is 16.8 Å². The van der Waals surface area contributed by atoms with E-state index >= 15 is 0 Å². The van der Waals surface area contributed by atoms with Gasteiger partial charge in [0.05, 0.1) is 19.9 Å². The second-order valence-corrected chi connectivity index (χ2v) is 9.17. The Morgan fingerprint density at radius 1 is 0.946 bits per heavy atom. The average molecular weight is 500 g/mol. The maximum absolute atomic E-state index is 13.4. The highest BCUT2D eigenvalue weighted by Gasteiger charge is 2.31. The maximum Gasteiger partial charge on any atom is 0.274 e. The molecule has 2 amide bonds. The van der Waals surface area contributed by atoms with Crippen LogP contribution in [0.2, 0.25) is 0 Å². The summed E-state index contributed by atoms with van der Waals surface area (Å²) in [6, 6.07) is 16.6. The first-order valence-electron chi connectivity index (χ1n) is 12.1. The van der Waals surface area contributed by atoms with Gasteiger partial charge in [0.2, 0.25) is 0 Å². The predicted octanol–water partition coefficient (Wildman–Crippen LogP) is 3.71. The summed E-state index contributed by atoms with van der Waals surface area (Å²) in [5, 5.41) is 4.61. The third kappa shape index (κ3) is 4.60. The van der Waals surface area contributed by atoms with E-state index in [1.165, 1.54) is 0 Å². The molecular weight excluding hydrogens is 470 g/mol. The Morgan fingerprint density at radius 3 is 2.49 bits per heavy atom. The Bertz CT molecular complexity index is 1480. The number of amides is 2. The van der Waals surface area contributed by atoms with Crippen molar-refractivity contribution >= 4 is 17.5 Å². The Balaban J connectivity index is 1.37. The summed E-state index contributed by atoms with van der Waals surface area (Å²) < 4.78 is 12.4. The van der Waals surface area contributed by atoms with Crippen LogP contribution in [0.25, 0.3) is 16.9 Å². The van der Waals surface area contributed by atoms with Crippen molar-refractivity contribution in [3.8, 4) is 22.8 Å². The number of carbonyl (C=O) groups is 2. The molecule has 1 aliphatic heterocycles. The lowest BCUT2D eigenvalue weighted by atomic mass is 10.1. The van der Waals surface area contributed by atoms with Gasteiger partial charge in [-0.05, 0) is 50.2 Å². The summed E-state index contributed by atoms with van der Waals surface area (Å²) in [4.78, 5) is 34.5. The number of aryl methyl sites for hydroxylation is 1. The van der Waals surface area contributed by atoms with E-state index in [9.17, 15) is 9.59 Å². The van der Waals surface area contributed by atoms with Crippen molar-refractivity contribution in [2.45, 2.75) is 19.9 Å². The Hall–Kier alpha value is -4.40. The molecule has 0 bridgehead atoms. The molecule has 9 heteroatoms. The number of piperazine rings is 1. The van der Waals surface area contributed by atoms with Crippen LogP contribution in [0.5, 0.6) is 11.5 Å². The molecule has 1 saturated heterocycles. The molecule has 4 aromatic rings. The molecule has 190 valence electrons. The molecule has 0 spiro atoms. The zero-order chi connectivity index (χ0) is 26.1. The van der Waals surface area contributed by atoms with Crippen LogP contribution in [-0.4, -0.2) is 76.1 Å². The first-order valence-corrected chi connectivity index (χ1v) is 12.1. The van der Waals surface area contributed by atoms with Gasteiger partial charge in [0.25, 0.3) is 11.8 Å². The van der Waals surface area contributed by atoms with E-state index < -0.39 is 0 Å². The van der Waals surface area contributed by atoms with E-state index in [-0.39, 0.29) is 17.9 Å². The zero-order valence-corrected chi connectivity index (χ0v) is 21.3. The quantitative estimate of drug-likeness (QED) is 0.416. The van der Waals surface area contributed by atoms with Crippen LogP contribution in [0, 0.1) is 6.92 Å². The fourth-order valence-corrected chi connectivity index (χ4v) is 4.76. The maximum atomic E-state index is 13.4. The van der Waals surface area contributed by atoms with E-state index in [2.05, 4.69) is 10.1 Å². The topological polar surface area (TPSA) is 89.3 Å². The number of fused-ring (bicyclic) bond motifs is 1. The molecule has 2 aromatic heterocycles. The smallest absolute Gasteiger partial charge is 0.274 e. The molecule has 9 nitrogen and oxygen atoms in total. The largest absolute Gasteiger partial charge is 0.493 e. The van der Waals surface area contributed by atoms with E-state index in [1.54, 1.807) is 35.9 Å². The Kier molecular flexibility index (Phi) is 6.52. The summed E-state index contributed by atoms with van der Waals surface area (Å²) in [7, 11) is 3.18. The first kappa shape index (κ1) is 24.3. The molecule has 0 N–H and O–H groups in total. The monoisotopic (exact) mass is 499 g/mol. The van der Waals surface area contributed by atoms with Crippen LogP contribution in [-0.2, 0) is 0 Å². The van der Waals surface area contributed by atoms with Crippen LogP contribution >= 0.6 is 0 Å². The number of ether oxygens (including phenoxy) is 2. The van der Waals surface area contributed by atoms with Gasteiger partial charge in [-0.15, -0.1) is 0 Å². The molecule has 1 atom stereocenters. The minimum Gasteiger partial charge on any atom is -0.493 e. The van der Waals surface area contributed by atoms with Gasteiger partial charge >= 0.3 is 0 Å². The average Bonchev–Trinajstić information content (AvgIpc) is 3.36. The lowest BCUT2D eigenvalue weighted by Crippen LogP contribution is -2.55. The number of hydrogen-bond donors (Lipinski definition) is 0. The zero-order valence-electron chi connectivity index (χ0n) is 21.3. The van der Waals surface area contributed by atoms with Crippen molar-refractivity contribution in [3.63, 3.8) is 0 Å². The predicted molar refractivity (Wildman–Crippen MR) is 139 cm³/mol. The van der Waals surface area contributed by atoms with Crippen molar-refractivity contribution in [2.75, 3.05) is 33.9 Å². The van der Waals surface area contributed by atoms with Gasteiger partial charge in [-0.2, -0.15) is 5.10 Å². The van der Waals surface area contributed by atoms with Crippen LogP contribution in [0.4, 0.5) is 0 Å². The van der Waals surface area contributed by atoms with Crippen LogP contribution in [0.3, 0.4) is 0 Å². The Labute approximate surface area is 215 Å². The minimum atomic E-state index is -0.182. The lowest BCUT2D eigenvalue weighted by Gasteiger charge is -2.39. The third-order valence-corrected chi connectivity index (χ3v) is 6.70. The molecular formula is C28H29N5O4. The van der Waals surface area contributed by atoms with Gasteiger partial charge in [0.15, 0.2) is 22.8 Å². The normalized spacial score (nSPS) is 15.6. The van der Waals surface area contributed by atoms with E-state index in [4.69, 9.17) is 9.47 Å². The molecule has 5 rings (SSSR count). The van der Waals surface area contributed by atoms with Gasteiger partial charge in [0.1, 0.15) is 0 Å². The minimum absolute atomic E-state index is 0.0141. The lowest BCUT2D eigenvalue weighted by molar-refractivity contribution is 0.0411. The number of hydrogen-bond acceptors (Lipinski definition) is 6.